The number of fused-ring (bicyclic) bond motifs is 1. The van der Waals surface area contributed by atoms with E-state index in [0.29, 0.717) is 24.0 Å². The summed E-state index contributed by atoms with van der Waals surface area (Å²) in [6, 6.07) is 5.22. The van der Waals surface area contributed by atoms with Gasteiger partial charge in [-0.25, -0.2) is 0 Å². The molecule has 1 saturated heterocycles. The van der Waals surface area contributed by atoms with E-state index in [2.05, 4.69) is 15.3 Å². The Morgan fingerprint density at radius 2 is 1.85 bits per heavy atom. The summed E-state index contributed by atoms with van der Waals surface area (Å²) in [5.41, 5.74) is 0.593. The number of carboxylic acids is 1. The molecule has 2 atom stereocenters. The first-order valence-corrected chi connectivity index (χ1v) is 6.27. The number of aromatic amines is 2. The summed E-state index contributed by atoms with van der Waals surface area (Å²) in [7, 11) is 0. The summed E-state index contributed by atoms with van der Waals surface area (Å²) >= 11 is 0. The quantitative estimate of drug-likeness (QED) is 0.574. The lowest BCUT2D eigenvalue weighted by atomic mass is 10.00. The topological polar surface area (TPSA) is 115 Å². The van der Waals surface area contributed by atoms with Gasteiger partial charge in [-0.3, -0.25) is 14.4 Å². The van der Waals surface area contributed by atoms with Crippen LogP contribution in [0.2, 0.25) is 0 Å². The third-order valence-corrected chi connectivity index (χ3v) is 3.63. The first-order chi connectivity index (χ1) is 9.54. The lowest BCUT2D eigenvalue weighted by Crippen LogP contribution is -2.29. The molecule has 4 N–H and O–H groups in total. The van der Waals surface area contributed by atoms with E-state index in [1.54, 1.807) is 12.1 Å². The number of rotatable bonds is 2. The summed E-state index contributed by atoms with van der Waals surface area (Å²) < 4.78 is 0. The highest BCUT2D eigenvalue weighted by Crippen LogP contribution is 2.28. The van der Waals surface area contributed by atoms with E-state index in [4.69, 9.17) is 5.11 Å². The molecule has 0 aliphatic carbocycles. The smallest absolute Gasteiger partial charge is 0.314 e. The number of hydrogen-bond acceptors (Lipinski definition) is 4. The number of H-pyrrole nitrogens is 2. The van der Waals surface area contributed by atoms with Crippen molar-refractivity contribution in [3.8, 4) is 0 Å². The highest BCUT2D eigenvalue weighted by atomic mass is 16.4. The standard InChI is InChI=1S/C13H13N3O4/c17-11-12(18)16-10-3-6(1-2-8(10)15-11)9-4-7(5-14-9)13(19)20/h1-3,7,9,14H,4-5H2,(H,15,17)(H,16,18)(H,19,20). The van der Waals surface area contributed by atoms with Crippen LogP contribution >= 0.6 is 0 Å². The highest BCUT2D eigenvalue weighted by molar-refractivity contribution is 5.75. The normalized spacial score (nSPS) is 22.2. The number of carbonyl (C=O) groups is 1. The van der Waals surface area contributed by atoms with Crippen molar-refractivity contribution in [2.45, 2.75) is 12.5 Å². The van der Waals surface area contributed by atoms with Gasteiger partial charge in [0, 0.05) is 12.6 Å². The fourth-order valence-corrected chi connectivity index (χ4v) is 2.53. The SMILES string of the molecule is O=C(O)C1CNC(c2ccc3[nH]c(=O)c(=O)[nH]c3c2)C1. The van der Waals surface area contributed by atoms with Gasteiger partial charge in [0.25, 0.3) is 0 Å². The lowest BCUT2D eigenvalue weighted by Gasteiger charge is -2.11. The number of nitrogens with one attached hydrogen (secondary N) is 3. The van der Waals surface area contributed by atoms with E-state index in [1.165, 1.54) is 0 Å². The highest BCUT2D eigenvalue weighted by Gasteiger charge is 2.30. The van der Waals surface area contributed by atoms with Gasteiger partial charge in [-0.05, 0) is 24.1 Å². The average Bonchev–Trinajstić information content (AvgIpc) is 2.89. The largest absolute Gasteiger partial charge is 0.481 e. The van der Waals surface area contributed by atoms with Crippen molar-refractivity contribution >= 4 is 17.0 Å². The molecule has 1 aliphatic rings. The number of carboxylic acid groups (broad SMARTS) is 1. The van der Waals surface area contributed by atoms with Gasteiger partial charge in [-0.2, -0.15) is 0 Å². The van der Waals surface area contributed by atoms with Crippen LogP contribution in [0, 0.1) is 5.92 Å². The fraction of sp³-hybridized carbons (Fsp3) is 0.308. The minimum absolute atomic E-state index is 0.0593. The molecule has 2 aromatic rings. The van der Waals surface area contributed by atoms with Crippen molar-refractivity contribution in [2.75, 3.05) is 6.54 Å². The van der Waals surface area contributed by atoms with Gasteiger partial charge in [0.2, 0.25) is 0 Å². The maximum Gasteiger partial charge on any atom is 0.314 e. The van der Waals surface area contributed by atoms with E-state index in [0.717, 1.165) is 5.56 Å². The second-order valence-corrected chi connectivity index (χ2v) is 4.94. The van der Waals surface area contributed by atoms with Crippen LogP contribution in [0.4, 0.5) is 0 Å². The van der Waals surface area contributed by atoms with Crippen LogP contribution in [0.5, 0.6) is 0 Å². The number of benzene rings is 1. The second-order valence-electron chi connectivity index (χ2n) is 4.94. The molecule has 0 bridgehead atoms. The Hall–Kier alpha value is -2.41. The van der Waals surface area contributed by atoms with Crippen LogP contribution in [0.15, 0.2) is 27.8 Å². The molecule has 1 aromatic heterocycles. The zero-order valence-electron chi connectivity index (χ0n) is 10.5. The van der Waals surface area contributed by atoms with E-state index in [1.807, 2.05) is 6.07 Å². The van der Waals surface area contributed by atoms with Crippen molar-refractivity contribution in [1.82, 2.24) is 15.3 Å². The van der Waals surface area contributed by atoms with Crippen LogP contribution in [0.25, 0.3) is 11.0 Å². The Bertz CT molecular complexity index is 792. The summed E-state index contributed by atoms with van der Waals surface area (Å²) in [5, 5.41) is 12.1. The van der Waals surface area contributed by atoms with Crippen LogP contribution in [0.1, 0.15) is 18.0 Å². The first kappa shape index (κ1) is 12.6. The van der Waals surface area contributed by atoms with Crippen LogP contribution in [0.3, 0.4) is 0 Å². The zero-order valence-corrected chi connectivity index (χ0v) is 10.5. The number of aromatic nitrogens is 2. The molecule has 3 rings (SSSR count). The molecule has 0 amide bonds. The predicted octanol–water partition coefficient (Wildman–Crippen LogP) is -0.0484. The van der Waals surface area contributed by atoms with E-state index in [9.17, 15) is 14.4 Å². The number of hydrogen-bond donors (Lipinski definition) is 4. The van der Waals surface area contributed by atoms with Crippen molar-refractivity contribution in [1.29, 1.82) is 0 Å². The van der Waals surface area contributed by atoms with Gasteiger partial charge in [0.1, 0.15) is 0 Å². The van der Waals surface area contributed by atoms with Gasteiger partial charge in [0.05, 0.1) is 17.0 Å². The minimum atomic E-state index is -0.807. The molecule has 2 heterocycles. The number of aliphatic carboxylic acids is 1. The maximum atomic E-state index is 11.3. The predicted molar refractivity (Wildman–Crippen MR) is 71.7 cm³/mol. The van der Waals surface area contributed by atoms with Gasteiger partial charge < -0.3 is 20.4 Å². The molecule has 7 heteroatoms. The summed E-state index contributed by atoms with van der Waals surface area (Å²) in [6.07, 6.45) is 0.508. The Labute approximate surface area is 112 Å². The van der Waals surface area contributed by atoms with Crippen LogP contribution in [-0.2, 0) is 4.79 Å². The average molecular weight is 275 g/mol. The molecule has 0 saturated carbocycles. The molecule has 0 spiro atoms. The Morgan fingerprint density at radius 3 is 2.50 bits per heavy atom. The van der Waals surface area contributed by atoms with E-state index < -0.39 is 23.0 Å². The molecule has 1 aromatic carbocycles. The van der Waals surface area contributed by atoms with E-state index >= 15 is 0 Å². The summed E-state index contributed by atoms with van der Waals surface area (Å²) in [5.74, 6) is -1.20. The zero-order chi connectivity index (χ0) is 14.3. The monoisotopic (exact) mass is 275 g/mol. The molecule has 0 radical (unpaired) electrons. The molecule has 2 unspecified atom stereocenters. The molecular formula is C13H13N3O4. The molecule has 1 aliphatic heterocycles. The first-order valence-electron chi connectivity index (χ1n) is 6.27. The van der Waals surface area contributed by atoms with E-state index in [-0.39, 0.29) is 6.04 Å². The Morgan fingerprint density at radius 1 is 1.15 bits per heavy atom. The summed E-state index contributed by atoms with van der Waals surface area (Å²) in [6.45, 7) is 0.431. The Balaban J connectivity index is 1.98. The van der Waals surface area contributed by atoms with Crippen molar-refractivity contribution in [3.05, 3.63) is 44.5 Å². The second kappa shape index (κ2) is 4.61. The maximum absolute atomic E-state index is 11.3. The Kier molecular flexibility index (Phi) is 2.90. The van der Waals surface area contributed by atoms with Crippen molar-refractivity contribution in [2.24, 2.45) is 5.92 Å². The molecular weight excluding hydrogens is 262 g/mol. The van der Waals surface area contributed by atoms with Crippen LogP contribution in [-0.4, -0.2) is 27.6 Å². The molecule has 7 nitrogen and oxygen atoms in total. The molecule has 104 valence electrons. The fourth-order valence-electron chi connectivity index (χ4n) is 2.53. The molecule has 20 heavy (non-hydrogen) atoms. The molecule has 1 fully saturated rings. The lowest BCUT2D eigenvalue weighted by molar-refractivity contribution is -0.141. The third-order valence-electron chi connectivity index (χ3n) is 3.63. The van der Waals surface area contributed by atoms with Gasteiger partial charge >= 0.3 is 17.1 Å². The van der Waals surface area contributed by atoms with Crippen molar-refractivity contribution in [3.63, 3.8) is 0 Å². The van der Waals surface area contributed by atoms with Crippen LogP contribution < -0.4 is 16.4 Å². The minimum Gasteiger partial charge on any atom is -0.481 e. The van der Waals surface area contributed by atoms with Crippen molar-refractivity contribution < 1.29 is 9.90 Å². The van der Waals surface area contributed by atoms with Gasteiger partial charge in [0.15, 0.2) is 0 Å². The summed E-state index contributed by atoms with van der Waals surface area (Å²) in [4.78, 5) is 38.5. The van der Waals surface area contributed by atoms with Gasteiger partial charge in [-0.15, -0.1) is 0 Å². The van der Waals surface area contributed by atoms with Gasteiger partial charge in [-0.1, -0.05) is 6.07 Å². The third kappa shape index (κ3) is 2.12.